The first kappa shape index (κ1) is 10.5. The van der Waals surface area contributed by atoms with Crippen molar-refractivity contribution in [2.45, 2.75) is 46.0 Å². The van der Waals surface area contributed by atoms with E-state index in [0.717, 1.165) is 0 Å². The van der Waals surface area contributed by atoms with Gasteiger partial charge >= 0.3 is 0 Å². The molecule has 0 aromatic heterocycles. The standard InChI is InChI=1S/C11H20/c1-3-5-7-9-11-10-8-6-4-2/h3,5-6,8H,4,7,9-11H2,1-2H3/b5-3-,8-6+. The van der Waals surface area contributed by atoms with Gasteiger partial charge in [0.2, 0.25) is 0 Å². The van der Waals surface area contributed by atoms with Gasteiger partial charge in [0.05, 0.1) is 0 Å². The number of hydrogen-bond donors (Lipinski definition) is 0. The van der Waals surface area contributed by atoms with Crippen LogP contribution < -0.4 is 0 Å². The number of hydrogen-bond acceptors (Lipinski definition) is 0. The number of rotatable bonds is 6. The van der Waals surface area contributed by atoms with E-state index in [9.17, 15) is 0 Å². The maximum atomic E-state index is 2.29. The van der Waals surface area contributed by atoms with Crippen LogP contribution in [0, 0.1) is 0 Å². The SMILES string of the molecule is C/C=C\CCCC/C=C/CC. The van der Waals surface area contributed by atoms with Gasteiger partial charge in [-0.1, -0.05) is 31.2 Å². The molecule has 0 bridgehead atoms. The molecule has 0 aliphatic heterocycles. The Balaban J connectivity index is 2.96. The highest BCUT2D eigenvalue weighted by Crippen LogP contribution is 2.01. The minimum absolute atomic E-state index is 1.18. The Hall–Kier alpha value is -0.520. The fraction of sp³-hybridized carbons (Fsp3) is 0.636. The summed E-state index contributed by atoms with van der Waals surface area (Å²) < 4.78 is 0. The van der Waals surface area contributed by atoms with E-state index in [4.69, 9.17) is 0 Å². The molecule has 0 spiro atoms. The average molecular weight is 152 g/mol. The second-order valence-electron chi connectivity index (χ2n) is 2.73. The molecule has 0 radical (unpaired) electrons. The maximum Gasteiger partial charge on any atom is -0.0351 e. The molecule has 0 heteroatoms. The van der Waals surface area contributed by atoms with E-state index in [2.05, 4.69) is 38.2 Å². The van der Waals surface area contributed by atoms with Gasteiger partial charge in [0.25, 0.3) is 0 Å². The van der Waals surface area contributed by atoms with E-state index < -0.39 is 0 Å². The van der Waals surface area contributed by atoms with Crippen molar-refractivity contribution in [1.82, 2.24) is 0 Å². The zero-order chi connectivity index (χ0) is 8.36. The zero-order valence-corrected chi connectivity index (χ0v) is 7.84. The zero-order valence-electron chi connectivity index (χ0n) is 7.84. The van der Waals surface area contributed by atoms with Crippen molar-refractivity contribution in [3.05, 3.63) is 24.3 Å². The molecule has 0 aromatic carbocycles. The minimum atomic E-state index is 1.18. The van der Waals surface area contributed by atoms with Crippen LogP contribution in [-0.2, 0) is 0 Å². The van der Waals surface area contributed by atoms with Crippen molar-refractivity contribution in [2.75, 3.05) is 0 Å². The van der Waals surface area contributed by atoms with E-state index >= 15 is 0 Å². The maximum absolute atomic E-state index is 2.29. The average Bonchev–Trinajstić information content (AvgIpc) is 2.03. The third-order valence-corrected chi connectivity index (χ3v) is 1.63. The summed E-state index contributed by atoms with van der Waals surface area (Å²) in [5.41, 5.74) is 0. The smallest absolute Gasteiger partial charge is 0.0351 e. The number of unbranched alkanes of at least 4 members (excludes halogenated alkanes) is 3. The molecule has 0 rings (SSSR count). The number of allylic oxidation sites excluding steroid dienone is 4. The molecule has 0 aliphatic carbocycles. The summed E-state index contributed by atoms with van der Waals surface area (Å²) in [6.45, 7) is 4.26. The van der Waals surface area contributed by atoms with Crippen molar-refractivity contribution < 1.29 is 0 Å². The molecule has 0 aromatic rings. The molecule has 0 heterocycles. The monoisotopic (exact) mass is 152 g/mol. The van der Waals surface area contributed by atoms with Crippen LogP contribution in [0.2, 0.25) is 0 Å². The van der Waals surface area contributed by atoms with Crippen molar-refractivity contribution in [3.63, 3.8) is 0 Å². The lowest BCUT2D eigenvalue weighted by Gasteiger charge is -1.91. The normalized spacial score (nSPS) is 11.8. The molecule has 0 aliphatic rings. The van der Waals surface area contributed by atoms with Crippen molar-refractivity contribution in [2.24, 2.45) is 0 Å². The molecule has 11 heavy (non-hydrogen) atoms. The van der Waals surface area contributed by atoms with Gasteiger partial charge in [-0.25, -0.2) is 0 Å². The van der Waals surface area contributed by atoms with Gasteiger partial charge in [-0.3, -0.25) is 0 Å². The molecule has 0 nitrogen and oxygen atoms in total. The summed E-state index contributed by atoms with van der Waals surface area (Å²) in [6, 6.07) is 0. The lowest BCUT2D eigenvalue weighted by molar-refractivity contribution is 0.760. The van der Waals surface area contributed by atoms with Crippen LogP contribution in [0.15, 0.2) is 24.3 Å². The van der Waals surface area contributed by atoms with Gasteiger partial charge in [-0.05, 0) is 39.0 Å². The van der Waals surface area contributed by atoms with Gasteiger partial charge in [-0.15, -0.1) is 0 Å². The van der Waals surface area contributed by atoms with E-state index in [1.807, 2.05) is 0 Å². The van der Waals surface area contributed by atoms with Gasteiger partial charge in [0, 0.05) is 0 Å². The lowest BCUT2D eigenvalue weighted by Crippen LogP contribution is -1.71. The predicted molar refractivity (Wildman–Crippen MR) is 52.7 cm³/mol. The highest BCUT2D eigenvalue weighted by atomic mass is 13.9. The van der Waals surface area contributed by atoms with Crippen molar-refractivity contribution in [1.29, 1.82) is 0 Å². The molecular formula is C11H20. The van der Waals surface area contributed by atoms with Gasteiger partial charge in [-0.2, -0.15) is 0 Å². The topological polar surface area (TPSA) is 0 Å². The van der Waals surface area contributed by atoms with Crippen LogP contribution in [0.25, 0.3) is 0 Å². The second kappa shape index (κ2) is 9.48. The fourth-order valence-electron chi connectivity index (χ4n) is 0.976. The van der Waals surface area contributed by atoms with Gasteiger partial charge < -0.3 is 0 Å². The Kier molecular flexibility index (Phi) is 9.03. The van der Waals surface area contributed by atoms with Crippen molar-refractivity contribution in [3.8, 4) is 0 Å². The first-order valence-electron chi connectivity index (χ1n) is 4.68. The van der Waals surface area contributed by atoms with Gasteiger partial charge in [0.1, 0.15) is 0 Å². The van der Waals surface area contributed by atoms with E-state index in [1.165, 1.54) is 32.1 Å². The quantitative estimate of drug-likeness (QED) is 0.397. The molecule has 0 N–H and O–H groups in total. The molecule has 0 fully saturated rings. The van der Waals surface area contributed by atoms with Crippen LogP contribution in [0.4, 0.5) is 0 Å². The Morgan fingerprint density at radius 2 is 1.55 bits per heavy atom. The second-order valence-corrected chi connectivity index (χ2v) is 2.73. The molecule has 64 valence electrons. The van der Waals surface area contributed by atoms with E-state index in [0.29, 0.717) is 0 Å². The molecule has 0 unspecified atom stereocenters. The first-order valence-corrected chi connectivity index (χ1v) is 4.68. The summed E-state index contributed by atoms with van der Waals surface area (Å²) in [4.78, 5) is 0. The molecule has 0 saturated heterocycles. The summed E-state index contributed by atoms with van der Waals surface area (Å²) in [5, 5.41) is 0. The summed E-state index contributed by atoms with van der Waals surface area (Å²) in [7, 11) is 0. The fourth-order valence-corrected chi connectivity index (χ4v) is 0.976. The van der Waals surface area contributed by atoms with Gasteiger partial charge in [0.15, 0.2) is 0 Å². The van der Waals surface area contributed by atoms with E-state index in [-0.39, 0.29) is 0 Å². The molecular weight excluding hydrogens is 132 g/mol. The van der Waals surface area contributed by atoms with E-state index in [1.54, 1.807) is 0 Å². The van der Waals surface area contributed by atoms with Crippen molar-refractivity contribution >= 4 is 0 Å². The predicted octanol–water partition coefficient (Wildman–Crippen LogP) is 4.09. The third-order valence-electron chi connectivity index (χ3n) is 1.63. The highest BCUT2D eigenvalue weighted by Gasteiger charge is 1.81. The molecule has 0 amide bonds. The molecule has 0 atom stereocenters. The Morgan fingerprint density at radius 1 is 0.909 bits per heavy atom. The Labute approximate surface area is 71.0 Å². The largest absolute Gasteiger partial charge is 0.0917 e. The third kappa shape index (κ3) is 9.48. The summed E-state index contributed by atoms with van der Waals surface area (Å²) in [5.74, 6) is 0. The van der Waals surface area contributed by atoms with Crippen LogP contribution in [0.5, 0.6) is 0 Å². The minimum Gasteiger partial charge on any atom is -0.0917 e. The highest BCUT2D eigenvalue weighted by molar-refractivity contribution is 4.81. The first-order chi connectivity index (χ1) is 5.41. The summed E-state index contributed by atoms with van der Waals surface area (Å²) in [6.07, 6.45) is 15.2. The molecule has 0 saturated carbocycles. The summed E-state index contributed by atoms with van der Waals surface area (Å²) >= 11 is 0. The Bertz CT molecular complexity index is 109. The van der Waals surface area contributed by atoms with Crippen LogP contribution in [-0.4, -0.2) is 0 Å². The lowest BCUT2D eigenvalue weighted by atomic mass is 10.2. The van der Waals surface area contributed by atoms with Crippen LogP contribution in [0.1, 0.15) is 46.0 Å². The Morgan fingerprint density at radius 3 is 2.09 bits per heavy atom. The van der Waals surface area contributed by atoms with Crippen LogP contribution >= 0.6 is 0 Å². The van der Waals surface area contributed by atoms with Crippen LogP contribution in [0.3, 0.4) is 0 Å².